The number of amides is 1. The molecule has 0 saturated carbocycles. The number of hydrogen-bond donors (Lipinski definition) is 3. The molecule has 2 saturated heterocycles. The van der Waals surface area contributed by atoms with Gasteiger partial charge in [0.2, 0.25) is 0 Å². The molecule has 2 fully saturated rings. The summed E-state index contributed by atoms with van der Waals surface area (Å²) >= 11 is 6.13. The maximum atomic E-state index is 13.3. The van der Waals surface area contributed by atoms with Crippen LogP contribution in [0, 0.1) is 6.92 Å². The van der Waals surface area contributed by atoms with E-state index >= 15 is 0 Å². The second-order valence-corrected chi connectivity index (χ2v) is 11.6. The third-order valence-electron chi connectivity index (χ3n) is 6.59. The highest BCUT2D eigenvalue weighted by molar-refractivity contribution is 6.30. The van der Waals surface area contributed by atoms with Crippen LogP contribution in [0.2, 0.25) is 5.02 Å². The molecule has 1 aromatic heterocycles. The van der Waals surface area contributed by atoms with E-state index in [1.165, 1.54) is 19.1 Å². The van der Waals surface area contributed by atoms with Crippen LogP contribution in [0.4, 0.5) is 18.0 Å². The summed E-state index contributed by atoms with van der Waals surface area (Å²) in [5, 5.41) is 16.0. The number of hydrazine groups is 1. The third kappa shape index (κ3) is 7.42. The van der Waals surface area contributed by atoms with Crippen LogP contribution in [-0.4, -0.2) is 68.9 Å². The number of nitrogens with zero attached hydrogens (tertiary/aromatic N) is 3. The highest BCUT2D eigenvalue weighted by Gasteiger charge is 2.51. The van der Waals surface area contributed by atoms with Crippen LogP contribution in [0.15, 0.2) is 48.5 Å². The van der Waals surface area contributed by atoms with Crippen molar-refractivity contribution in [3.8, 4) is 11.4 Å². The summed E-state index contributed by atoms with van der Waals surface area (Å²) < 4.78 is 68.8. The van der Waals surface area contributed by atoms with Crippen molar-refractivity contribution in [2.24, 2.45) is 0 Å². The summed E-state index contributed by atoms with van der Waals surface area (Å²) in [4.78, 5) is 16.9. The van der Waals surface area contributed by atoms with Crippen LogP contribution in [0.3, 0.4) is 0 Å². The standard InChI is InChI=1S/C28H31ClF3N5O7/c1-14-33-24(37(36-14)17-12-16(29)10-11-18(17)43-28(30,31)32)23-21(38)20(34-35-26(39)44-27(2,3)4)22-19(41-23)13-40-25(42-22)15-8-6-5-7-9-15/h5-12,19-23,25,34,38H,13H2,1-4H3,(H,35,39)/t19-,20-,21-,22+,23-,25?/m1/s1. The third-order valence-corrected chi connectivity index (χ3v) is 6.83. The Balaban J connectivity index is 1.49. The largest absolute Gasteiger partial charge is 0.573 e. The van der Waals surface area contributed by atoms with Crippen LogP contribution in [0.5, 0.6) is 5.75 Å². The minimum atomic E-state index is -5.01. The number of aromatic nitrogens is 3. The van der Waals surface area contributed by atoms with Crippen LogP contribution >= 0.6 is 11.6 Å². The van der Waals surface area contributed by atoms with E-state index < -0.39 is 60.6 Å². The fourth-order valence-electron chi connectivity index (χ4n) is 4.90. The Labute approximate surface area is 255 Å². The first-order chi connectivity index (χ1) is 20.7. The number of aryl methyl sites for hydroxylation is 1. The molecule has 0 spiro atoms. The lowest BCUT2D eigenvalue weighted by Gasteiger charge is -2.48. The Kier molecular flexibility index (Phi) is 9.07. The number of hydrogen-bond acceptors (Lipinski definition) is 10. The Morgan fingerprint density at radius 2 is 1.86 bits per heavy atom. The molecule has 16 heteroatoms. The molecule has 3 N–H and O–H groups in total. The minimum absolute atomic E-state index is 0.00475. The van der Waals surface area contributed by atoms with E-state index in [1.807, 2.05) is 30.3 Å². The van der Waals surface area contributed by atoms with Gasteiger partial charge in [0.15, 0.2) is 17.9 Å². The van der Waals surface area contributed by atoms with Gasteiger partial charge in [-0.05, 0) is 45.9 Å². The minimum Gasteiger partial charge on any atom is -0.443 e. The van der Waals surface area contributed by atoms with Crippen molar-refractivity contribution in [3.63, 3.8) is 0 Å². The van der Waals surface area contributed by atoms with Gasteiger partial charge in [-0.15, -0.1) is 13.2 Å². The van der Waals surface area contributed by atoms with E-state index in [0.717, 1.165) is 16.3 Å². The van der Waals surface area contributed by atoms with Gasteiger partial charge in [0.25, 0.3) is 0 Å². The van der Waals surface area contributed by atoms with Crippen molar-refractivity contribution < 1.29 is 46.8 Å². The first-order valence-corrected chi connectivity index (χ1v) is 14.0. The number of rotatable bonds is 6. The second kappa shape index (κ2) is 12.5. The molecule has 5 rings (SSSR count). The lowest BCUT2D eigenvalue weighted by molar-refractivity contribution is -0.313. The van der Waals surface area contributed by atoms with Crippen LogP contribution < -0.4 is 15.6 Å². The highest BCUT2D eigenvalue weighted by atomic mass is 35.5. The molecule has 2 aliphatic heterocycles. The van der Waals surface area contributed by atoms with E-state index in [4.69, 9.17) is 30.5 Å². The fourth-order valence-corrected chi connectivity index (χ4v) is 5.07. The van der Waals surface area contributed by atoms with Crippen molar-refractivity contribution in [2.75, 3.05) is 6.61 Å². The monoisotopic (exact) mass is 641 g/mol. The number of nitrogens with one attached hydrogen (secondary N) is 2. The van der Waals surface area contributed by atoms with Crippen molar-refractivity contribution in [1.82, 2.24) is 25.6 Å². The molecule has 44 heavy (non-hydrogen) atoms. The maximum absolute atomic E-state index is 13.3. The average Bonchev–Trinajstić information content (AvgIpc) is 3.32. The quantitative estimate of drug-likeness (QED) is 0.331. The van der Waals surface area contributed by atoms with E-state index in [1.54, 1.807) is 20.8 Å². The van der Waals surface area contributed by atoms with Crippen molar-refractivity contribution in [1.29, 1.82) is 0 Å². The van der Waals surface area contributed by atoms with Gasteiger partial charge in [-0.25, -0.2) is 19.9 Å². The van der Waals surface area contributed by atoms with Crippen LogP contribution in [-0.2, 0) is 18.9 Å². The summed E-state index contributed by atoms with van der Waals surface area (Å²) in [7, 11) is 0. The molecule has 0 aliphatic carbocycles. The summed E-state index contributed by atoms with van der Waals surface area (Å²) in [6.45, 7) is 6.59. The molecule has 0 bridgehead atoms. The molecular weight excluding hydrogens is 611 g/mol. The molecule has 3 heterocycles. The first-order valence-electron chi connectivity index (χ1n) is 13.6. The normalized spacial score (nSPS) is 25.7. The molecule has 238 valence electrons. The van der Waals surface area contributed by atoms with Gasteiger partial charge in [0, 0.05) is 10.6 Å². The number of benzene rings is 2. The van der Waals surface area contributed by atoms with Gasteiger partial charge < -0.3 is 28.8 Å². The number of aliphatic hydroxyl groups is 1. The van der Waals surface area contributed by atoms with Crippen molar-refractivity contribution in [2.45, 2.75) is 76.4 Å². The Morgan fingerprint density at radius 3 is 2.55 bits per heavy atom. The maximum Gasteiger partial charge on any atom is 0.573 e. The zero-order chi connectivity index (χ0) is 31.8. The molecule has 1 unspecified atom stereocenters. The molecule has 6 atom stereocenters. The van der Waals surface area contributed by atoms with Gasteiger partial charge in [-0.1, -0.05) is 41.9 Å². The predicted octanol–water partition coefficient (Wildman–Crippen LogP) is 4.44. The van der Waals surface area contributed by atoms with Crippen LogP contribution in [0.1, 0.15) is 50.4 Å². The van der Waals surface area contributed by atoms with Gasteiger partial charge in [0.05, 0.1) is 12.6 Å². The number of aliphatic hydroxyl groups excluding tert-OH is 1. The Morgan fingerprint density at radius 1 is 1.14 bits per heavy atom. The van der Waals surface area contributed by atoms with Gasteiger partial charge in [-0.3, -0.25) is 5.43 Å². The number of fused-ring (bicyclic) bond motifs is 1. The molecule has 0 radical (unpaired) electrons. The summed E-state index contributed by atoms with van der Waals surface area (Å²) in [5.74, 6) is -0.503. The van der Waals surface area contributed by atoms with Crippen molar-refractivity contribution in [3.05, 3.63) is 70.8 Å². The number of alkyl halides is 3. The molecule has 12 nitrogen and oxygen atoms in total. The Bertz CT molecular complexity index is 1470. The number of carbonyl (C=O) groups is 1. The Hall–Kier alpha value is -3.47. The first kappa shape index (κ1) is 31.9. The highest BCUT2D eigenvalue weighted by Crippen LogP contribution is 2.40. The summed E-state index contributed by atoms with van der Waals surface area (Å²) in [5.41, 5.74) is 4.95. The van der Waals surface area contributed by atoms with E-state index in [9.17, 15) is 23.1 Å². The molecule has 1 amide bonds. The van der Waals surface area contributed by atoms with Gasteiger partial charge in [0.1, 0.15) is 41.5 Å². The van der Waals surface area contributed by atoms with Gasteiger partial charge >= 0.3 is 12.5 Å². The molecule has 2 aromatic carbocycles. The fraction of sp³-hybridized carbons (Fsp3) is 0.464. The second-order valence-electron chi connectivity index (χ2n) is 11.1. The number of carbonyl (C=O) groups excluding carboxylic acids is 1. The lowest BCUT2D eigenvalue weighted by Crippen LogP contribution is -2.66. The van der Waals surface area contributed by atoms with Crippen LogP contribution in [0.25, 0.3) is 5.69 Å². The molecule has 2 aliphatic rings. The zero-order valence-electron chi connectivity index (χ0n) is 24.0. The zero-order valence-corrected chi connectivity index (χ0v) is 24.8. The van der Waals surface area contributed by atoms with E-state index in [2.05, 4.69) is 25.7 Å². The number of ether oxygens (including phenoxy) is 5. The molecular formula is C28H31ClF3N5O7. The van der Waals surface area contributed by atoms with Crippen molar-refractivity contribution >= 4 is 17.7 Å². The summed E-state index contributed by atoms with van der Waals surface area (Å²) in [6.07, 6.45) is -11.1. The summed E-state index contributed by atoms with van der Waals surface area (Å²) in [6, 6.07) is 11.5. The average molecular weight is 642 g/mol. The predicted molar refractivity (Wildman–Crippen MR) is 148 cm³/mol. The van der Waals surface area contributed by atoms with E-state index in [-0.39, 0.29) is 29.0 Å². The van der Waals surface area contributed by atoms with E-state index in [0.29, 0.717) is 0 Å². The smallest absolute Gasteiger partial charge is 0.443 e. The topological polar surface area (TPSA) is 138 Å². The lowest BCUT2D eigenvalue weighted by atomic mass is 9.91. The SMILES string of the molecule is Cc1nc([C@@H]2O[C@@H]3COC(c4ccccc4)O[C@@H]3[C@H](NNC(=O)OC(C)(C)C)[C@H]2O)n(-c2cc(Cl)ccc2OC(F)(F)F)n1. The van der Waals surface area contributed by atoms with Gasteiger partial charge in [-0.2, -0.15) is 5.10 Å². The number of halogens is 4. The molecule has 3 aromatic rings.